The lowest BCUT2D eigenvalue weighted by Gasteiger charge is -2.24. The largest absolute Gasteiger partial charge is 0.501 e. The van der Waals surface area contributed by atoms with Crippen LogP contribution in [0.3, 0.4) is 0 Å². The molecule has 3 rings (SSSR count). The zero-order valence-electron chi connectivity index (χ0n) is 13.2. The van der Waals surface area contributed by atoms with Crippen LogP contribution in [0, 0.1) is 0 Å². The molecular formula is C20H23OP. The van der Waals surface area contributed by atoms with Crippen molar-refractivity contribution in [1.29, 1.82) is 0 Å². The smallest absolute Gasteiger partial charge is 0.0998 e. The molecule has 0 heterocycles. The van der Waals surface area contributed by atoms with E-state index < -0.39 is 7.92 Å². The normalized spacial score (nSPS) is 15.7. The van der Waals surface area contributed by atoms with Crippen molar-refractivity contribution >= 4 is 18.5 Å². The number of allylic oxidation sites excluding steroid dienone is 2. The van der Waals surface area contributed by atoms with Gasteiger partial charge in [-0.05, 0) is 37.8 Å². The Morgan fingerprint density at radius 1 is 0.727 bits per heavy atom. The maximum atomic E-state index is 5.80. The molecule has 0 unspecified atom stereocenters. The summed E-state index contributed by atoms with van der Waals surface area (Å²) in [7, 11) is 1.36. The molecule has 22 heavy (non-hydrogen) atoms. The van der Waals surface area contributed by atoms with Gasteiger partial charge in [0.25, 0.3) is 0 Å². The lowest BCUT2D eigenvalue weighted by atomic mass is 10.2. The second kappa shape index (κ2) is 7.61. The molecule has 2 aromatic rings. The molecule has 1 aliphatic rings. The molecule has 2 heteroatoms. The Bertz CT molecular complexity index is 579. The fourth-order valence-corrected chi connectivity index (χ4v) is 5.81. The van der Waals surface area contributed by atoms with Crippen LogP contribution in [0.2, 0.25) is 0 Å². The van der Waals surface area contributed by atoms with Crippen LogP contribution in [0.25, 0.3) is 0 Å². The van der Waals surface area contributed by atoms with Crippen molar-refractivity contribution in [3.05, 3.63) is 71.7 Å². The number of hydrogen-bond acceptors (Lipinski definition) is 1. The van der Waals surface area contributed by atoms with Crippen molar-refractivity contribution in [1.82, 2.24) is 0 Å². The first-order chi connectivity index (χ1) is 10.9. The van der Waals surface area contributed by atoms with Gasteiger partial charge >= 0.3 is 0 Å². The summed E-state index contributed by atoms with van der Waals surface area (Å²) in [6, 6.07) is 21.9. The molecule has 1 aliphatic carbocycles. The minimum Gasteiger partial charge on any atom is -0.501 e. The van der Waals surface area contributed by atoms with Gasteiger partial charge in [-0.2, -0.15) is 0 Å². The van der Waals surface area contributed by atoms with E-state index in [1.807, 2.05) is 7.11 Å². The second-order valence-corrected chi connectivity index (χ2v) is 7.88. The summed E-state index contributed by atoms with van der Waals surface area (Å²) in [5.41, 5.74) is 0. The summed E-state index contributed by atoms with van der Waals surface area (Å²) in [4.78, 5) is 0. The van der Waals surface area contributed by atoms with Crippen LogP contribution in [-0.4, -0.2) is 7.11 Å². The molecule has 0 saturated carbocycles. The molecule has 0 N–H and O–H groups in total. The van der Waals surface area contributed by atoms with Gasteiger partial charge in [-0.25, -0.2) is 0 Å². The predicted molar refractivity (Wildman–Crippen MR) is 96.2 cm³/mol. The van der Waals surface area contributed by atoms with E-state index in [2.05, 4.69) is 60.7 Å². The molecular weight excluding hydrogens is 287 g/mol. The van der Waals surface area contributed by atoms with E-state index in [1.54, 1.807) is 0 Å². The van der Waals surface area contributed by atoms with Crippen LogP contribution < -0.4 is 10.6 Å². The fourth-order valence-electron chi connectivity index (χ4n) is 3.11. The van der Waals surface area contributed by atoms with E-state index in [4.69, 9.17) is 4.74 Å². The molecule has 114 valence electrons. The van der Waals surface area contributed by atoms with Gasteiger partial charge in [0, 0.05) is 11.7 Å². The Morgan fingerprint density at radius 3 is 1.82 bits per heavy atom. The van der Waals surface area contributed by atoms with Crippen molar-refractivity contribution in [2.75, 3.05) is 7.11 Å². The topological polar surface area (TPSA) is 9.23 Å². The Labute approximate surface area is 134 Å². The van der Waals surface area contributed by atoms with E-state index in [1.165, 1.54) is 47.4 Å². The highest BCUT2D eigenvalue weighted by atomic mass is 31.1. The Morgan fingerprint density at radius 2 is 1.27 bits per heavy atom. The van der Waals surface area contributed by atoms with Gasteiger partial charge in [0.2, 0.25) is 0 Å². The van der Waals surface area contributed by atoms with E-state index in [0.29, 0.717) is 0 Å². The molecule has 0 aliphatic heterocycles. The average Bonchev–Trinajstić information content (AvgIpc) is 2.83. The maximum Gasteiger partial charge on any atom is 0.0998 e. The first-order valence-corrected chi connectivity index (χ1v) is 9.40. The highest BCUT2D eigenvalue weighted by Crippen LogP contribution is 2.48. The molecule has 0 bridgehead atoms. The molecule has 0 amide bonds. The van der Waals surface area contributed by atoms with Gasteiger partial charge in [-0.15, -0.1) is 0 Å². The standard InChI is InChI=1S/C20H23OP/c1-21-19-15-9-4-10-16-20(19)22(17-11-5-2-6-12-17)18-13-7-3-8-14-18/h2-3,5-8,11-14H,4,9-10,15-16H2,1H3. The summed E-state index contributed by atoms with van der Waals surface area (Å²) >= 11 is 0. The van der Waals surface area contributed by atoms with E-state index >= 15 is 0 Å². The third-order valence-corrected chi connectivity index (χ3v) is 6.83. The minimum absolute atomic E-state index is 0.477. The maximum absolute atomic E-state index is 5.80. The van der Waals surface area contributed by atoms with Crippen molar-refractivity contribution in [3.63, 3.8) is 0 Å². The Balaban J connectivity index is 2.10. The quantitative estimate of drug-likeness (QED) is 0.727. The highest BCUT2D eigenvalue weighted by Gasteiger charge is 2.23. The third-order valence-electron chi connectivity index (χ3n) is 4.18. The zero-order chi connectivity index (χ0) is 15.2. The summed E-state index contributed by atoms with van der Waals surface area (Å²) in [5, 5.41) is 4.39. The van der Waals surface area contributed by atoms with Gasteiger partial charge in [-0.1, -0.05) is 67.1 Å². The van der Waals surface area contributed by atoms with Gasteiger partial charge in [0.15, 0.2) is 0 Å². The molecule has 1 nitrogen and oxygen atoms in total. The summed E-state index contributed by atoms with van der Waals surface area (Å²) < 4.78 is 5.80. The van der Waals surface area contributed by atoms with E-state index in [0.717, 1.165) is 6.42 Å². The molecule has 0 radical (unpaired) electrons. The number of benzene rings is 2. The van der Waals surface area contributed by atoms with Crippen LogP contribution in [-0.2, 0) is 4.74 Å². The first kappa shape index (κ1) is 15.3. The van der Waals surface area contributed by atoms with Crippen molar-refractivity contribution in [3.8, 4) is 0 Å². The SMILES string of the molecule is COC1=C(P(c2ccccc2)c2ccccc2)CCCCC1. The number of hydrogen-bond donors (Lipinski definition) is 0. The molecule has 0 spiro atoms. The first-order valence-electron chi connectivity index (χ1n) is 8.06. The minimum atomic E-state index is -0.477. The lowest BCUT2D eigenvalue weighted by molar-refractivity contribution is 0.274. The number of methoxy groups -OCH3 is 1. The average molecular weight is 310 g/mol. The van der Waals surface area contributed by atoms with Crippen LogP contribution in [0.5, 0.6) is 0 Å². The van der Waals surface area contributed by atoms with Crippen molar-refractivity contribution in [2.24, 2.45) is 0 Å². The molecule has 2 aromatic carbocycles. The Kier molecular flexibility index (Phi) is 5.29. The molecule has 0 atom stereocenters. The monoisotopic (exact) mass is 310 g/mol. The van der Waals surface area contributed by atoms with Crippen LogP contribution in [0.4, 0.5) is 0 Å². The van der Waals surface area contributed by atoms with E-state index in [9.17, 15) is 0 Å². The van der Waals surface area contributed by atoms with Crippen molar-refractivity contribution in [2.45, 2.75) is 32.1 Å². The number of ether oxygens (including phenoxy) is 1. The molecule has 0 saturated heterocycles. The van der Waals surface area contributed by atoms with Crippen LogP contribution >= 0.6 is 7.92 Å². The highest BCUT2D eigenvalue weighted by molar-refractivity contribution is 7.76. The van der Waals surface area contributed by atoms with Crippen LogP contribution in [0.15, 0.2) is 71.7 Å². The van der Waals surface area contributed by atoms with Gasteiger partial charge in [0.05, 0.1) is 12.9 Å². The zero-order valence-corrected chi connectivity index (χ0v) is 14.1. The van der Waals surface area contributed by atoms with E-state index in [-0.39, 0.29) is 0 Å². The van der Waals surface area contributed by atoms with Gasteiger partial charge in [0.1, 0.15) is 0 Å². The third kappa shape index (κ3) is 3.42. The lowest BCUT2D eigenvalue weighted by Crippen LogP contribution is -2.14. The summed E-state index contributed by atoms with van der Waals surface area (Å²) in [6.07, 6.45) is 6.09. The predicted octanol–water partition coefficient (Wildman–Crippen LogP) is 4.94. The van der Waals surface area contributed by atoms with Crippen LogP contribution in [0.1, 0.15) is 32.1 Å². The number of rotatable bonds is 4. The Hall–Kier alpha value is -1.59. The second-order valence-electron chi connectivity index (χ2n) is 5.64. The molecule has 0 aromatic heterocycles. The molecule has 0 fully saturated rings. The summed E-state index contributed by atoms with van der Waals surface area (Å²) in [5.74, 6) is 1.23. The van der Waals surface area contributed by atoms with Crippen molar-refractivity contribution < 1.29 is 4.74 Å². The summed E-state index contributed by atoms with van der Waals surface area (Å²) in [6.45, 7) is 0. The fraction of sp³-hybridized carbons (Fsp3) is 0.300. The van der Waals surface area contributed by atoms with Gasteiger partial charge < -0.3 is 4.74 Å². The van der Waals surface area contributed by atoms with Gasteiger partial charge in [-0.3, -0.25) is 0 Å².